The lowest BCUT2D eigenvalue weighted by atomic mass is 9.91. The molecule has 10 aromatic rings. The number of benzene rings is 8. The molecule has 0 atom stereocenters. The van der Waals surface area contributed by atoms with E-state index in [4.69, 9.17) is 14.4 Å². The molecule has 0 spiro atoms. The van der Waals surface area contributed by atoms with Gasteiger partial charge in [-0.15, -0.1) is 0 Å². The second-order valence-electron chi connectivity index (χ2n) is 12.5. The number of furan rings is 1. The Kier molecular flexibility index (Phi) is 6.18. The Morgan fingerprint density at radius 1 is 0.347 bits per heavy atom. The topological polar surface area (TPSA) is 38.9 Å². The second kappa shape index (κ2) is 11.0. The van der Waals surface area contributed by atoms with E-state index in [-0.39, 0.29) is 0 Å². The molecule has 49 heavy (non-hydrogen) atoms. The summed E-state index contributed by atoms with van der Waals surface area (Å²) in [5, 5.41) is 9.59. The maximum Gasteiger partial charge on any atom is 0.231 e. The van der Waals surface area contributed by atoms with Crippen LogP contribution in [0.25, 0.3) is 99.3 Å². The third-order valence-electron chi connectivity index (χ3n) is 9.69. The molecular weight excluding hydrogens is 597 g/mol. The van der Waals surface area contributed by atoms with Gasteiger partial charge < -0.3 is 4.42 Å². The highest BCUT2D eigenvalue weighted by Crippen LogP contribution is 2.42. The zero-order valence-corrected chi connectivity index (χ0v) is 26.5. The van der Waals surface area contributed by atoms with Crippen molar-refractivity contribution in [1.29, 1.82) is 0 Å². The van der Waals surface area contributed by atoms with Crippen molar-refractivity contribution in [2.24, 2.45) is 0 Å². The molecule has 0 saturated heterocycles. The number of hydrogen-bond donors (Lipinski definition) is 0. The largest absolute Gasteiger partial charge is 0.438 e. The zero-order valence-electron chi connectivity index (χ0n) is 26.5. The average molecular weight is 625 g/mol. The maximum atomic E-state index is 6.53. The molecule has 0 aliphatic rings. The van der Waals surface area contributed by atoms with Crippen LogP contribution in [0.2, 0.25) is 0 Å². The molecule has 0 bridgehead atoms. The van der Waals surface area contributed by atoms with Crippen LogP contribution in [-0.2, 0) is 0 Å². The first kappa shape index (κ1) is 27.5. The van der Waals surface area contributed by atoms with Crippen molar-refractivity contribution in [3.05, 3.63) is 170 Å². The van der Waals surface area contributed by atoms with Gasteiger partial charge in [-0.05, 0) is 72.8 Å². The van der Waals surface area contributed by atoms with Crippen LogP contribution in [0.1, 0.15) is 0 Å². The lowest BCUT2D eigenvalue weighted by molar-refractivity contribution is 0.653. The van der Waals surface area contributed by atoms with Gasteiger partial charge >= 0.3 is 0 Å². The molecule has 228 valence electrons. The molecule has 10 rings (SSSR count). The summed E-state index contributed by atoms with van der Waals surface area (Å²) in [5.41, 5.74) is 8.75. The summed E-state index contributed by atoms with van der Waals surface area (Å²) < 4.78 is 6.53. The number of nitrogens with zero attached hydrogens (tertiary/aromatic N) is 2. The van der Waals surface area contributed by atoms with E-state index in [0.29, 0.717) is 11.5 Å². The Hall–Kier alpha value is -6.58. The normalized spacial score (nSPS) is 11.7. The standard InChI is InChI=1S/C46H28N2O/c1-3-13-29(14-4-1)44-43-42-34(23-12-24-41(42)49-46(43)48-45(47-44)30-15-5-2-6-16-30)33-18-11-17-31(27-33)32-25-26-39-37-21-8-7-19-35(37)36-20-9-10-22-38(36)40(39)28-32/h1-28H. The van der Waals surface area contributed by atoms with Crippen molar-refractivity contribution in [1.82, 2.24) is 9.97 Å². The lowest BCUT2D eigenvalue weighted by Crippen LogP contribution is -1.94. The molecule has 0 N–H and O–H groups in total. The Bertz CT molecular complexity index is 2840. The summed E-state index contributed by atoms with van der Waals surface area (Å²) in [6.45, 7) is 0. The number of hydrogen-bond acceptors (Lipinski definition) is 3. The van der Waals surface area contributed by atoms with E-state index >= 15 is 0 Å². The number of aromatic nitrogens is 2. The molecule has 0 amide bonds. The Labute approximate surface area is 282 Å². The first-order valence-corrected chi connectivity index (χ1v) is 16.6. The second-order valence-corrected chi connectivity index (χ2v) is 12.5. The molecule has 0 radical (unpaired) electrons. The first-order chi connectivity index (χ1) is 24.3. The third kappa shape index (κ3) is 4.44. The van der Waals surface area contributed by atoms with Crippen LogP contribution in [0.3, 0.4) is 0 Å². The van der Waals surface area contributed by atoms with Gasteiger partial charge in [0.05, 0.1) is 11.1 Å². The van der Waals surface area contributed by atoms with Crippen molar-refractivity contribution in [2.75, 3.05) is 0 Å². The van der Waals surface area contributed by atoms with Gasteiger partial charge in [0, 0.05) is 16.5 Å². The van der Waals surface area contributed by atoms with E-state index in [9.17, 15) is 0 Å². The smallest absolute Gasteiger partial charge is 0.231 e. The van der Waals surface area contributed by atoms with E-state index in [2.05, 4.69) is 115 Å². The van der Waals surface area contributed by atoms with Crippen LogP contribution < -0.4 is 0 Å². The molecule has 3 nitrogen and oxygen atoms in total. The Morgan fingerprint density at radius 2 is 0.898 bits per heavy atom. The van der Waals surface area contributed by atoms with Gasteiger partial charge in [0.2, 0.25) is 5.71 Å². The van der Waals surface area contributed by atoms with Crippen molar-refractivity contribution in [3.63, 3.8) is 0 Å². The maximum absolute atomic E-state index is 6.53. The van der Waals surface area contributed by atoms with Crippen molar-refractivity contribution < 1.29 is 4.42 Å². The van der Waals surface area contributed by atoms with Gasteiger partial charge in [0.15, 0.2) is 5.82 Å². The molecule has 2 aromatic heterocycles. The van der Waals surface area contributed by atoms with Gasteiger partial charge in [-0.25, -0.2) is 4.98 Å². The first-order valence-electron chi connectivity index (χ1n) is 16.6. The van der Waals surface area contributed by atoms with Crippen LogP contribution in [0.15, 0.2) is 174 Å². The van der Waals surface area contributed by atoms with Crippen LogP contribution >= 0.6 is 0 Å². The minimum Gasteiger partial charge on any atom is -0.438 e. The molecule has 0 aliphatic heterocycles. The molecule has 0 unspecified atom stereocenters. The Morgan fingerprint density at radius 3 is 1.61 bits per heavy atom. The van der Waals surface area contributed by atoms with Gasteiger partial charge in [-0.1, -0.05) is 152 Å². The van der Waals surface area contributed by atoms with Crippen LogP contribution in [0, 0.1) is 0 Å². The van der Waals surface area contributed by atoms with E-state index < -0.39 is 0 Å². The van der Waals surface area contributed by atoms with Crippen molar-refractivity contribution >= 4 is 54.4 Å². The highest BCUT2D eigenvalue weighted by molar-refractivity contribution is 6.25. The fraction of sp³-hybridized carbons (Fsp3) is 0. The summed E-state index contributed by atoms with van der Waals surface area (Å²) in [6, 6.07) is 59.9. The SMILES string of the molecule is c1ccc(-c2nc(-c3ccccc3)c3c(n2)oc2cccc(-c4cccc(-c5ccc6c7ccccc7c7ccccc7c6c5)c4)c23)cc1. The molecule has 3 heteroatoms. The predicted molar refractivity (Wildman–Crippen MR) is 204 cm³/mol. The van der Waals surface area contributed by atoms with Crippen LogP contribution in [-0.4, -0.2) is 9.97 Å². The summed E-state index contributed by atoms with van der Waals surface area (Å²) in [6.07, 6.45) is 0. The molecule has 2 heterocycles. The quantitative estimate of drug-likeness (QED) is 0.183. The third-order valence-corrected chi connectivity index (χ3v) is 9.69. The average Bonchev–Trinajstić information content (AvgIpc) is 3.57. The van der Waals surface area contributed by atoms with Crippen LogP contribution in [0.4, 0.5) is 0 Å². The summed E-state index contributed by atoms with van der Waals surface area (Å²) >= 11 is 0. The Balaban J connectivity index is 1.18. The van der Waals surface area contributed by atoms with Gasteiger partial charge in [-0.2, -0.15) is 4.98 Å². The summed E-state index contributed by atoms with van der Waals surface area (Å²) in [5.74, 6) is 0.645. The zero-order chi connectivity index (χ0) is 32.3. The summed E-state index contributed by atoms with van der Waals surface area (Å²) in [7, 11) is 0. The molecule has 8 aromatic carbocycles. The van der Waals surface area contributed by atoms with E-state index in [1.165, 1.54) is 37.9 Å². The van der Waals surface area contributed by atoms with Gasteiger partial charge in [0.1, 0.15) is 5.58 Å². The van der Waals surface area contributed by atoms with E-state index in [1.807, 2.05) is 54.6 Å². The highest BCUT2D eigenvalue weighted by atomic mass is 16.3. The monoisotopic (exact) mass is 624 g/mol. The molecular formula is C46H28N2O. The van der Waals surface area contributed by atoms with E-state index in [1.54, 1.807) is 0 Å². The number of rotatable bonds is 4. The minimum absolute atomic E-state index is 0.583. The summed E-state index contributed by atoms with van der Waals surface area (Å²) in [4.78, 5) is 10.1. The predicted octanol–water partition coefficient (Wildman–Crippen LogP) is 12.5. The fourth-order valence-corrected chi connectivity index (χ4v) is 7.43. The van der Waals surface area contributed by atoms with E-state index in [0.717, 1.165) is 49.9 Å². The lowest BCUT2D eigenvalue weighted by Gasteiger charge is -2.13. The van der Waals surface area contributed by atoms with Gasteiger partial charge in [-0.3, -0.25) is 0 Å². The molecule has 0 saturated carbocycles. The van der Waals surface area contributed by atoms with Crippen LogP contribution in [0.5, 0.6) is 0 Å². The highest BCUT2D eigenvalue weighted by Gasteiger charge is 2.21. The number of fused-ring (bicyclic) bond motifs is 9. The van der Waals surface area contributed by atoms with Crippen molar-refractivity contribution in [3.8, 4) is 44.9 Å². The van der Waals surface area contributed by atoms with Gasteiger partial charge in [0.25, 0.3) is 0 Å². The fourth-order valence-electron chi connectivity index (χ4n) is 7.43. The minimum atomic E-state index is 0.583. The molecule has 0 fully saturated rings. The van der Waals surface area contributed by atoms with Crippen molar-refractivity contribution in [2.45, 2.75) is 0 Å². The molecule has 0 aliphatic carbocycles.